The highest BCUT2D eigenvalue weighted by Gasteiger charge is 2.22. The predicted octanol–water partition coefficient (Wildman–Crippen LogP) is 1.63. The Balaban J connectivity index is 1.66. The summed E-state index contributed by atoms with van der Waals surface area (Å²) in [6.07, 6.45) is 1.12. The van der Waals surface area contributed by atoms with Crippen LogP contribution in [0.4, 0.5) is 5.69 Å². The molecule has 1 aromatic carbocycles. The number of ether oxygens (including phenoxy) is 1. The number of benzene rings is 1. The van der Waals surface area contributed by atoms with Crippen LogP contribution in [0.15, 0.2) is 28.7 Å². The molecule has 1 aliphatic rings. The molecule has 5 nitrogen and oxygen atoms in total. The maximum atomic E-state index is 11.7. The number of methoxy groups -OCH3 is 1. The van der Waals surface area contributed by atoms with Gasteiger partial charge in [0.15, 0.2) is 0 Å². The Bertz CT molecular complexity index is 467. The van der Waals surface area contributed by atoms with Crippen LogP contribution in [0.2, 0.25) is 0 Å². The summed E-state index contributed by atoms with van der Waals surface area (Å²) in [5.41, 5.74) is 1.25. The largest absolute Gasteiger partial charge is 0.383 e. The van der Waals surface area contributed by atoms with Crippen LogP contribution in [-0.2, 0) is 9.53 Å². The van der Waals surface area contributed by atoms with E-state index in [1.807, 2.05) is 0 Å². The van der Waals surface area contributed by atoms with Crippen molar-refractivity contribution in [1.82, 2.24) is 10.6 Å². The first-order chi connectivity index (χ1) is 10.7. The van der Waals surface area contributed by atoms with E-state index in [0.29, 0.717) is 25.6 Å². The van der Waals surface area contributed by atoms with Crippen molar-refractivity contribution in [2.45, 2.75) is 6.42 Å². The molecule has 1 amide bonds. The highest BCUT2D eigenvalue weighted by molar-refractivity contribution is 9.10. The maximum Gasteiger partial charge on any atom is 0.233 e. The summed E-state index contributed by atoms with van der Waals surface area (Å²) < 4.78 is 6.02. The number of carbonyl (C=O) groups is 1. The molecule has 1 heterocycles. The van der Waals surface area contributed by atoms with Crippen LogP contribution < -0.4 is 15.5 Å². The Hall–Kier alpha value is -1.11. The standard InChI is InChI=1S/C16H24BrN3O2/c1-22-9-7-18-11-16(21)19-10-13-6-8-20(12-13)15-4-2-14(17)3-5-15/h2-5,13,18H,6-12H2,1H3,(H,19,21). The van der Waals surface area contributed by atoms with Crippen molar-refractivity contribution in [1.29, 1.82) is 0 Å². The zero-order chi connectivity index (χ0) is 15.8. The van der Waals surface area contributed by atoms with Gasteiger partial charge in [-0.3, -0.25) is 4.79 Å². The van der Waals surface area contributed by atoms with Crippen molar-refractivity contribution >= 4 is 27.5 Å². The average molecular weight is 370 g/mol. The molecule has 1 aliphatic heterocycles. The molecular weight excluding hydrogens is 346 g/mol. The van der Waals surface area contributed by atoms with Gasteiger partial charge in [-0.1, -0.05) is 15.9 Å². The van der Waals surface area contributed by atoms with Gasteiger partial charge < -0.3 is 20.3 Å². The third-order valence-corrected chi connectivity index (χ3v) is 4.36. The van der Waals surface area contributed by atoms with Gasteiger partial charge in [0.2, 0.25) is 5.91 Å². The molecule has 2 N–H and O–H groups in total. The minimum Gasteiger partial charge on any atom is -0.383 e. The van der Waals surface area contributed by atoms with Crippen LogP contribution in [0.1, 0.15) is 6.42 Å². The molecular formula is C16H24BrN3O2. The number of carbonyl (C=O) groups excluding carboxylic acids is 1. The van der Waals surface area contributed by atoms with E-state index in [4.69, 9.17) is 4.74 Å². The van der Waals surface area contributed by atoms with Crippen LogP contribution >= 0.6 is 15.9 Å². The van der Waals surface area contributed by atoms with E-state index >= 15 is 0 Å². The number of nitrogens with zero attached hydrogens (tertiary/aromatic N) is 1. The van der Waals surface area contributed by atoms with Gasteiger partial charge in [-0.15, -0.1) is 0 Å². The number of rotatable bonds is 8. The van der Waals surface area contributed by atoms with E-state index in [1.165, 1.54) is 5.69 Å². The fourth-order valence-corrected chi connectivity index (χ4v) is 2.85. The summed E-state index contributed by atoms with van der Waals surface area (Å²) in [6.45, 7) is 4.47. The van der Waals surface area contributed by atoms with Crippen molar-refractivity contribution in [3.05, 3.63) is 28.7 Å². The van der Waals surface area contributed by atoms with Crippen molar-refractivity contribution in [2.75, 3.05) is 51.3 Å². The van der Waals surface area contributed by atoms with Gasteiger partial charge in [0.1, 0.15) is 0 Å². The molecule has 0 radical (unpaired) electrons. The summed E-state index contributed by atoms with van der Waals surface area (Å²) in [6, 6.07) is 8.39. The number of anilines is 1. The first-order valence-corrected chi connectivity index (χ1v) is 8.45. The van der Waals surface area contributed by atoms with Crippen molar-refractivity contribution in [2.24, 2.45) is 5.92 Å². The van der Waals surface area contributed by atoms with E-state index in [0.717, 1.165) is 30.5 Å². The molecule has 122 valence electrons. The zero-order valence-corrected chi connectivity index (χ0v) is 14.6. The second-order valence-corrected chi connectivity index (χ2v) is 6.47. The highest BCUT2D eigenvalue weighted by Crippen LogP contribution is 2.24. The van der Waals surface area contributed by atoms with E-state index in [2.05, 4.69) is 55.7 Å². The lowest BCUT2D eigenvalue weighted by Crippen LogP contribution is -2.38. The van der Waals surface area contributed by atoms with Gasteiger partial charge in [-0.25, -0.2) is 0 Å². The Morgan fingerprint density at radius 1 is 1.41 bits per heavy atom. The minimum atomic E-state index is 0.0539. The maximum absolute atomic E-state index is 11.7. The molecule has 22 heavy (non-hydrogen) atoms. The van der Waals surface area contributed by atoms with E-state index in [9.17, 15) is 4.79 Å². The van der Waals surface area contributed by atoms with Crippen LogP contribution in [0.25, 0.3) is 0 Å². The zero-order valence-electron chi connectivity index (χ0n) is 13.0. The molecule has 1 atom stereocenters. The lowest BCUT2D eigenvalue weighted by Gasteiger charge is -2.19. The highest BCUT2D eigenvalue weighted by atomic mass is 79.9. The first kappa shape index (κ1) is 17.2. The monoisotopic (exact) mass is 369 g/mol. The molecule has 0 aliphatic carbocycles. The van der Waals surface area contributed by atoms with Gasteiger partial charge in [0.05, 0.1) is 13.2 Å². The SMILES string of the molecule is COCCNCC(=O)NCC1CCN(c2ccc(Br)cc2)C1. The second-order valence-electron chi connectivity index (χ2n) is 5.55. The topological polar surface area (TPSA) is 53.6 Å². The predicted molar refractivity (Wildman–Crippen MR) is 92.2 cm³/mol. The summed E-state index contributed by atoms with van der Waals surface area (Å²) in [5.74, 6) is 0.574. The number of hydrogen-bond donors (Lipinski definition) is 2. The third-order valence-electron chi connectivity index (χ3n) is 3.83. The van der Waals surface area contributed by atoms with Crippen LogP contribution in [-0.4, -0.2) is 52.3 Å². The molecule has 0 spiro atoms. The molecule has 2 rings (SSSR count). The third kappa shape index (κ3) is 5.59. The first-order valence-electron chi connectivity index (χ1n) is 7.66. The van der Waals surface area contributed by atoms with Gasteiger partial charge >= 0.3 is 0 Å². The fourth-order valence-electron chi connectivity index (χ4n) is 2.58. The molecule has 1 fully saturated rings. The van der Waals surface area contributed by atoms with Crippen LogP contribution in [0.3, 0.4) is 0 Å². The summed E-state index contributed by atoms with van der Waals surface area (Å²) >= 11 is 3.46. The molecule has 1 aromatic rings. The quantitative estimate of drug-likeness (QED) is 0.683. The van der Waals surface area contributed by atoms with Gasteiger partial charge in [0.25, 0.3) is 0 Å². The fraction of sp³-hybridized carbons (Fsp3) is 0.562. The summed E-state index contributed by atoms with van der Waals surface area (Å²) in [4.78, 5) is 14.1. The molecule has 0 saturated carbocycles. The molecule has 0 aromatic heterocycles. The Labute approximate surface area is 140 Å². The minimum absolute atomic E-state index is 0.0539. The van der Waals surface area contributed by atoms with E-state index < -0.39 is 0 Å². The summed E-state index contributed by atoms with van der Waals surface area (Å²) in [7, 11) is 1.65. The smallest absolute Gasteiger partial charge is 0.233 e. The van der Waals surface area contributed by atoms with Gasteiger partial charge in [0, 0.05) is 43.4 Å². The number of nitrogens with one attached hydrogen (secondary N) is 2. The Kier molecular flexibility index (Phi) is 7.15. The second kappa shape index (κ2) is 9.12. The number of amides is 1. The van der Waals surface area contributed by atoms with Crippen LogP contribution in [0.5, 0.6) is 0 Å². The van der Waals surface area contributed by atoms with Gasteiger partial charge in [-0.2, -0.15) is 0 Å². The van der Waals surface area contributed by atoms with Crippen LogP contribution in [0, 0.1) is 5.92 Å². The Morgan fingerprint density at radius 2 is 2.18 bits per heavy atom. The average Bonchev–Trinajstić information content (AvgIpc) is 2.99. The lowest BCUT2D eigenvalue weighted by atomic mass is 10.1. The number of halogens is 1. The number of hydrogen-bond acceptors (Lipinski definition) is 4. The van der Waals surface area contributed by atoms with Gasteiger partial charge in [-0.05, 0) is 36.6 Å². The molecule has 1 unspecified atom stereocenters. The summed E-state index contributed by atoms with van der Waals surface area (Å²) in [5, 5.41) is 6.06. The van der Waals surface area contributed by atoms with Crippen molar-refractivity contribution in [3.63, 3.8) is 0 Å². The molecule has 0 bridgehead atoms. The Morgan fingerprint density at radius 3 is 2.91 bits per heavy atom. The van der Waals surface area contributed by atoms with E-state index in [-0.39, 0.29) is 5.91 Å². The molecule has 1 saturated heterocycles. The van der Waals surface area contributed by atoms with Crippen molar-refractivity contribution < 1.29 is 9.53 Å². The van der Waals surface area contributed by atoms with E-state index in [1.54, 1.807) is 7.11 Å². The molecule has 6 heteroatoms. The normalized spacial score (nSPS) is 17.7. The lowest BCUT2D eigenvalue weighted by molar-refractivity contribution is -0.120. The van der Waals surface area contributed by atoms with Crippen molar-refractivity contribution in [3.8, 4) is 0 Å².